The highest BCUT2D eigenvalue weighted by atomic mass is 35.5. The fraction of sp³-hybridized carbons (Fsp3) is 0. The highest BCUT2D eigenvalue weighted by Gasteiger charge is 2.04. The molecule has 2 rings (SSSR count). The minimum absolute atomic E-state index is 0.257. The van der Waals surface area contributed by atoms with Crippen molar-refractivity contribution in [2.75, 3.05) is 0 Å². The summed E-state index contributed by atoms with van der Waals surface area (Å²) in [5.74, 6) is 0.257. The van der Waals surface area contributed by atoms with Gasteiger partial charge in [0.25, 0.3) is 0 Å². The molecule has 0 unspecified atom stereocenters. The van der Waals surface area contributed by atoms with E-state index in [1.165, 1.54) is 11.0 Å². The predicted octanol–water partition coefficient (Wildman–Crippen LogP) is 1.73. The Labute approximate surface area is 85.1 Å². The average molecular weight is 208 g/mol. The number of rotatable bonds is 2. The SMILES string of the molecule is O=Cc1ncnn1-c1cccc(Cl)c1. The van der Waals surface area contributed by atoms with Crippen LogP contribution in [0.3, 0.4) is 0 Å². The van der Waals surface area contributed by atoms with Crippen molar-refractivity contribution in [3.8, 4) is 5.69 Å². The summed E-state index contributed by atoms with van der Waals surface area (Å²) in [7, 11) is 0. The molecule has 70 valence electrons. The first kappa shape index (κ1) is 8.90. The molecule has 0 saturated heterocycles. The molecule has 0 bridgehead atoms. The third-order valence-electron chi connectivity index (χ3n) is 1.73. The number of hydrogen-bond acceptors (Lipinski definition) is 3. The van der Waals surface area contributed by atoms with Gasteiger partial charge in [0.2, 0.25) is 0 Å². The molecule has 0 fully saturated rings. The molecule has 0 aliphatic rings. The van der Waals surface area contributed by atoms with Crippen LogP contribution in [0.2, 0.25) is 5.02 Å². The Kier molecular flexibility index (Phi) is 2.28. The molecule has 1 aromatic carbocycles. The van der Waals surface area contributed by atoms with E-state index in [2.05, 4.69) is 10.1 Å². The van der Waals surface area contributed by atoms with Gasteiger partial charge >= 0.3 is 0 Å². The molecular weight excluding hydrogens is 202 g/mol. The number of hydrogen-bond donors (Lipinski definition) is 0. The number of benzene rings is 1. The number of halogens is 1. The van der Waals surface area contributed by atoms with Crippen molar-refractivity contribution < 1.29 is 4.79 Å². The highest BCUT2D eigenvalue weighted by molar-refractivity contribution is 6.30. The number of aldehydes is 1. The van der Waals surface area contributed by atoms with E-state index in [4.69, 9.17) is 11.6 Å². The maximum absolute atomic E-state index is 10.6. The van der Waals surface area contributed by atoms with Crippen molar-refractivity contribution >= 4 is 17.9 Å². The molecular formula is C9H6ClN3O. The minimum atomic E-state index is 0.257. The first-order valence-corrected chi connectivity index (χ1v) is 4.30. The molecule has 0 spiro atoms. The van der Waals surface area contributed by atoms with E-state index in [0.29, 0.717) is 11.3 Å². The van der Waals surface area contributed by atoms with Gasteiger partial charge in [0, 0.05) is 5.02 Å². The second-order valence-corrected chi connectivity index (χ2v) is 3.06. The highest BCUT2D eigenvalue weighted by Crippen LogP contribution is 2.14. The van der Waals surface area contributed by atoms with Crippen LogP contribution in [0.4, 0.5) is 0 Å². The smallest absolute Gasteiger partial charge is 0.196 e. The van der Waals surface area contributed by atoms with Crippen LogP contribution < -0.4 is 0 Å². The van der Waals surface area contributed by atoms with Crippen molar-refractivity contribution in [3.63, 3.8) is 0 Å². The summed E-state index contributed by atoms with van der Waals surface area (Å²) in [5, 5.41) is 4.51. The maximum Gasteiger partial charge on any atom is 0.196 e. The molecule has 0 radical (unpaired) electrons. The summed E-state index contributed by atoms with van der Waals surface area (Å²) in [4.78, 5) is 14.4. The molecule has 0 aliphatic heterocycles. The van der Waals surface area contributed by atoms with Crippen LogP contribution in [0.5, 0.6) is 0 Å². The normalized spacial score (nSPS) is 10.1. The van der Waals surface area contributed by atoms with Gasteiger partial charge in [-0.3, -0.25) is 4.79 Å². The van der Waals surface area contributed by atoms with E-state index in [0.717, 1.165) is 5.69 Å². The van der Waals surface area contributed by atoms with Crippen molar-refractivity contribution in [2.45, 2.75) is 0 Å². The topological polar surface area (TPSA) is 47.8 Å². The molecule has 2 aromatic rings. The summed E-state index contributed by atoms with van der Waals surface area (Å²) in [6.07, 6.45) is 1.97. The van der Waals surface area contributed by atoms with Crippen molar-refractivity contribution in [1.82, 2.24) is 14.8 Å². The van der Waals surface area contributed by atoms with Crippen LogP contribution in [0, 0.1) is 0 Å². The Balaban J connectivity index is 2.54. The summed E-state index contributed by atoms with van der Waals surface area (Å²) in [5.41, 5.74) is 0.720. The Morgan fingerprint density at radius 3 is 3.00 bits per heavy atom. The standard InChI is InChI=1S/C9H6ClN3O/c10-7-2-1-3-8(4-7)13-9(5-14)11-6-12-13/h1-6H. The molecule has 0 N–H and O–H groups in total. The van der Waals surface area contributed by atoms with Crippen molar-refractivity contribution in [2.24, 2.45) is 0 Å². The summed E-state index contributed by atoms with van der Waals surface area (Å²) >= 11 is 5.81. The predicted molar refractivity (Wildman–Crippen MR) is 51.8 cm³/mol. The van der Waals surface area contributed by atoms with Gasteiger partial charge in [-0.05, 0) is 18.2 Å². The molecule has 14 heavy (non-hydrogen) atoms. The Bertz CT molecular complexity index is 467. The lowest BCUT2D eigenvalue weighted by Crippen LogP contribution is -2.01. The zero-order valence-corrected chi connectivity index (χ0v) is 7.85. The molecule has 0 atom stereocenters. The van der Waals surface area contributed by atoms with Crippen LogP contribution in [0.25, 0.3) is 5.69 Å². The molecule has 0 aliphatic carbocycles. The van der Waals surface area contributed by atoms with Crippen molar-refractivity contribution in [3.05, 3.63) is 41.4 Å². The van der Waals surface area contributed by atoms with Gasteiger partial charge in [-0.2, -0.15) is 5.10 Å². The first-order chi connectivity index (χ1) is 6.81. The van der Waals surface area contributed by atoms with E-state index in [1.54, 1.807) is 24.3 Å². The molecule has 1 aromatic heterocycles. The first-order valence-electron chi connectivity index (χ1n) is 3.92. The fourth-order valence-corrected chi connectivity index (χ4v) is 1.32. The lowest BCUT2D eigenvalue weighted by atomic mass is 10.3. The van der Waals surface area contributed by atoms with Crippen LogP contribution in [0.1, 0.15) is 10.6 Å². The zero-order valence-electron chi connectivity index (χ0n) is 7.09. The number of carbonyl (C=O) groups is 1. The van der Waals surface area contributed by atoms with E-state index >= 15 is 0 Å². The Morgan fingerprint density at radius 2 is 2.29 bits per heavy atom. The monoisotopic (exact) mass is 207 g/mol. The molecule has 0 amide bonds. The number of nitrogens with zero attached hydrogens (tertiary/aromatic N) is 3. The average Bonchev–Trinajstić information content (AvgIpc) is 2.65. The van der Waals surface area contributed by atoms with Gasteiger partial charge in [-0.15, -0.1) is 0 Å². The molecule has 1 heterocycles. The van der Waals surface area contributed by atoms with Gasteiger partial charge in [0.05, 0.1) is 5.69 Å². The summed E-state index contributed by atoms with van der Waals surface area (Å²) in [6, 6.07) is 7.05. The van der Waals surface area contributed by atoms with E-state index in [-0.39, 0.29) is 5.82 Å². The Morgan fingerprint density at radius 1 is 1.43 bits per heavy atom. The second kappa shape index (κ2) is 3.59. The zero-order chi connectivity index (χ0) is 9.97. The van der Waals surface area contributed by atoms with Gasteiger partial charge in [0.1, 0.15) is 6.33 Å². The maximum atomic E-state index is 10.6. The lowest BCUT2D eigenvalue weighted by molar-refractivity contribution is 0.111. The molecule has 5 heteroatoms. The third-order valence-corrected chi connectivity index (χ3v) is 1.97. The van der Waals surface area contributed by atoms with E-state index < -0.39 is 0 Å². The number of aromatic nitrogens is 3. The van der Waals surface area contributed by atoms with Crippen LogP contribution in [-0.4, -0.2) is 21.1 Å². The van der Waals surface area contributed by atoms with Crippen molar-refractivity contribution in [1.29, 1.82) is 0 Å². The Hall–Kier alpha value is -1.68. The minimum Gasteiger partial charge on any atom is -0.294 e. The van der Waals surface area contributed by atoms with Crippen LogP contribution in [-0.2, 0) is 0 Å². The van der Waals surface area contributed by atoms with Crippen LogP contribution >= 0.6 is 11.6 Å². The molecule has 0 saturated carbocycles. The quantitative estimate of drug-likeness (QED) is 0.705. The van der Waals surface area contributed by atoms with E-state index in [9.17, 15) is 4.79 Å². The summed E-state index contributed by atoms with van der Waals surface area (Å²) in [6.45, 7) is 0. The largest absolute Gasteiger partial charge is 0.294 e. The molecule has 4 nitrogen and oxygen atoms in total. The van der Waals surface area contributed by atoms with E-state index in [1.807, 2.05) is 0 Å². The van der Waals surface area contributed by atoms with Gasteiger partial charge in [-0.1, -0.05) is 17.7 Å². The summed E-state index contributed by atoms with van der Waals surface area (Å²) < 4.78 is 1.43. The van der Waals surface area contributed by atoms with Gasteiger partial charge < -0.3 is 0 Å². The van der Waals surface area contributed by atoms with Gasteiger partial charge in [0.15, 0.2) is 12.1 Å². The third kappa shape index (κ3) is 1.52. The second-order valence-electron chi connectivity index (χ2n) is 2.63. The van der Waals surface area contributed by atoms with Crippen LogP contribution in [0.15, 0.2) is 30.6 Å². The number of carbonyl (C=O) groups excluding carboxylic acids is 1. The lowest BCUT2D eigenvalue weighted by Gasteiger charge is -2.01. The fourth-order valence-electron chi connectivity index (χ4n) is 1.14. The van der Waals surface area contributed by atoms with Gasteiger partial charge in [-0.25, -0.2) is 9.67 Å².